The molecule has 0 bridgehead atoms. The van der Waals surface area contributed by atoms with Gasteiger partial charge in [-0.1, -0.05) is 30.0 Å². The summed E-state index contributed by atoms with van der Waals surface area (Å²) in [4.78, 5) is 13.8. The highest BCUT2D eigenvalue weighted by atomic mass is 16.7. The molecule has 0 atom stereocenters. The summed E-state index contributed by atoms with van der Waals surface area (Å²) in [7, 11) is 1.58. The van der Waals surface area contributed by atoms with Gasteiger partial charge in [-0.25, -0.2) is 4.79 Å². The average molecular weight is 357 g/mol. The van der Waals surface area contributed by atoms with Gasteiger partial charge in [-0.05, 0) is 50.5 Å². The molecule has 1 heterocycles. The van der Waals surface area contributed by atoms with Crippen molar-refractivity contribution < 1.29 is 19.0 Å². The molecule has 0 saturated heterocycles. The van der Waals surface area contributed by atoms with E-state index < -0.39 is 5.60 Å². The number of hydrogen-bond donors (Lipinski definition) is 0. The Balaban J connectivity index is 1.91. The standard InChI is InChI=1S/C21H27NO4/c1-21(2,3)26-20(23)22-13-11-19(12-14-22)18-9-7-17(8-10-18)6-5-15-25-16-24-4/h7-11H,12-16H2,1-4H3. The first-order valence-electron chi connectivity index (χ1n) is 8.72. The van der Waals surface area contributed by atoms with Crippen LogP contribution in [0.25, 0.3) is 5.57 Å². The van der Waals surface area contributed by atoms with Gasteiger partial charge in [0, 0.05) is 25.8 Å². The number of methoxy groups -OCH3 is 1. The Labute approximate surface area is 155 Å². The lowest BCUT2D eigenvalue weighted by atomic mass is 9.98. The molecule has 140 valence electrons. The van der Waals surface area contributed by atoms with Gasteiger partial charge in [-0.3, -0.25) is 0 Å². The summed E-state index contributed by atoms with van der Waals surface area (Å²) in [6.45, 7) is 7.48. The van der Waals surface area contributed by atoms with E-state index >= 15 is 0 Å². The van der Waals surface area contributed by atoms with Crippen molar-refractivity contribution in [1.82, 2.24) is 4.90 Å². The summed E-state index contributed by atoms with van der Waals surface area (Å²) < 4.78 is 15.4. The topological polar surface area (TPSA) is 48.0 Å². The Bertz CT molecular complexity index is 689. The van der Waals surface area contributed by atoms with E-state index in [1.54, 1.807) is 12.0 Å². The van der Waals surface area contributed by atoms with Crippen LogP contribution < -0.4 is 0 Å². The van der Waals surface area contributed by atoms with Crippen LogP contribution in [0.5, 0.6) is 0 Å². The lowest BCUT2D eigenvalue weighted by Crippen LogP contribution is -2.39. The highest BCUT2D eigenvalue weighted by Crippen LogP contribution is 2.23. The van der Waals surface area contributed by atoms with Gasteiger partial charge in [-0.2, -0.15) is 0 Å². The molecular formula is C21H27NO4. The molecule has 0 radical (unpaired) electrons. The van der Waals surface area contributed by atoms with Gasteiger partial charge in [0.2, 0.25) is 0 Å². The van der Waals surface area contributed by atoms with Gasteiger partial charge < -0.3 is 19.1 Å². The second kappa shape index (κ2) is 9.42. The second-order valence-corrected chi connectivity index (χ2v) is 7.04. The Kier molecular flexibility index (Phi) is 7.26. The van der Waals surface area contributed by atoms with Crippen LogP contribution in [0.2, 0.25) is 0 Å². The number of amides is 1. The summed E-state index contributed by atoms with van der Waals surface area (Å²) in [5.74, 6) is 6.01. The van der Waals surface area contributed by atoms with E-state index in [0.717, 1.165) is 17.5 Å². The predicted octanol–water partition coefficient (Wildman–Crippen LogP) is 3.68. The minimum Gasteiger partial charge on any atom is -0.444 e. The second-order valence-electron chi connectivity index (χ2n) is 7.04. The average Bonchev–Trinajstić information content (AvgIpc) is 2.61. The van der Waals surface area contributed by atoms with Crippen molar-refractivity contribution in [2.75, 3.05) is 33.6 Å². The third-order valence-electron chi connectivity index (χ3n) is 3.72. The van der Waals surface area contributed by atoms with Crippen molar-refractivity contribution in [1.29, 1.82) is 0 Å². The third kappa shape index (κ3) is 6.55. The van der Waals surface area contributed by atoms with Gasteiger partial charge >= 0.3 is 6.09 Å². The summed E-state index contributed by atoms with van der Waals surface area (Å²) in [6.07, 6.45) is 2.65. The zero-order valence-corrected chi connectivity index (χ0v) is 16.0. The minimum atomic E-state index is -0.466. The van der Waals surface area contributed by atoms with E-state index in [1.807, 2.05) is 32.9 Å². The van der Waals surface area contributed by atoms with Crippen LogP contribution in [-0.2, 0) is 14.2 Å². The molecule has 0 aromatic heterocycles. The van der Waals surface area contributed by atoms with Crippen molar-refractivity contribution in [2.24, 2.45) is 0 Å². The zero-order valence-electron chi connectivity index (χ0n) is 16.0. The fourth-order valence-corrected chi connectivity index (χ4v) is 2.51. The molecule has 0 N–H and O–H groups in total. The van der Waals surface area contributed by atoms with E-state index in [4.69, 9.17) is 14.2 Å². The van der Waals surface area contributed by atoms with Crippen molar-refractivity contribution in [3.8, 4) is 11.8 Å². The monoisotopic (exact) mass is 357 g/mol. The van der Waals surface area contributed by atoms with E-state index in [2.05, 4.69) is 30.0 Å². The molecule has 1 aliphatic rings. The van der Waals surface area contributed by atoms with Gasteiger partial charge in [0.25, 0.3) is 0 Å². The molecule has 0 saturated carbocycles. The summed E-state index contributed by atoms with van der Waals surface area (Å²) in [5.41, 5.74) is 2.89. The summed E-state index contributed by atoms with van der Waals surface area (Å²) >= 11 is 0. The molecule has 0 unspecified atom stereocenters. The van der Waals surface area contributed by atoms with Crippen molar-refractivity contribution in [3.63, 3.8) is 0 Å². The van der Waals surface area contributed by atoms with Gasteiger partial charge in [-0.15, -0.1) is 0 Å². The molecule has 1 aromatic carbocycles. The molecule has 0 aliphatic carbocycles. The number of rotatable bonds is 4. The fraction of sp³-hybridized carbons (Fsp3) is 0.476. The van der Waals surface area contributed by atoms with Crippen LogP contribution in [0.4, 0.5) is 4.79 Å². The van der Waals surface area contributed by atoms with Crippen molar-refractivity contribution in [3.05, 3.63) is 41.5 Å². The highest BCUT2D eigenvalue weighted by molar-refractivity contribution is 5.73. The third-order valence-corrected chi connectivity index (χ3v) is 3.72. The summed E-state index contributed by atoms with van der Waals surface area (Å²) in [6, 6.07) is 8.13. The number of benzene rings is 1. The Hall–Kier alpha value is -2.29. The van der Waals surface area contributed by atoms with Crippen LogP contribution in [0.1, 0.15) is 38.3 Å². The number of hydrogen-bond acceptors (Lipinski definition) is 4. The van der Waals surface area contributed by atoms with Crippen molar-refractivity contribution in [2.45, 2.75) is 32.8 Å². The molecule has 1 aromatic rings. The van der Waals surface area contributed by atoms with Gasteiger partial charge in [0.1, 0.15) is 19.0 Å². The molecular weight excluding hydrogens is 330 g/mol. The maximum atomic E-state index is 12.1. The first-order valence-corrected chi connectivity index (χ1v) is 8.72. The molecule has 0 spiro atoms. The molecule has 2 rings (SSSR count). The number of carbonyl (C=O) groups excluding carboxylic acids is 1. The van der Waals surface area contributed by atoms with Gasteiger partial charge in [0.05, 0.1) is 0 Å². The minimum absolute atomic E-state index is 0.252. The van der Waals surface area contributed by atoms with E-state index in [-0.39, 0.29) is 12.9 Å². The van der Waals surface area contributed by atoms with Crippen LogP contribution in [0, 0.1) is 11.8 Å². The van der Waals surface area contributed by atoms with Crippen LogP contribution in [0.15, 0.2) is 30.3 Å². The molecule has 26 heavy (non-hydrogen) atoms. The van der Waals surface area contributed by atoms with Crippen LogP contribution in [0.3, 0.4) is 0 Å². The first-order chi connectivity index (χ1) is 12.4. The summed E-state index contributed by atoms with van der Waals surface area (Å²) in [5, 5.41) is 0. The largest absolute Gasteiger partial charge is 0.444 e. The smallest absolute Gasteiger partial charge is 0.410 e. The Morgan fingerprint density at radius 3 is 2.54 bits per heavy atom. The zero-order chi connectivity index (χ0) is 19.0. The molecule has 0 fully saturated rings. The number of ether oxygens (including phenoxy) is 3. The quantitative estimate of drug-likeness (QED) is 0.468. The molecule has 5 heteroatoms. The Morgan fingerprint density at radius 2 is 1.96 bits per heavy atom. The first kappa shape index (κ1) is 20.0. The molecule has 1 amide bonds. The fourth-order valence-electron chi connectivity index (χ4n) is 2.51. The van der Waals surface area contributed by atoms with E-state index in [1.165, 1.54) is 5.57 Å². The van der Waals surface area contributed by atoms with E-state index in [9.17, 15) is 4.79 Å². The molecule has 5 nitrogen and oxygen atoms in total. The molecule has 1 aliphatic heterocycles. The number of nitrogens with zero attached hydrogens (tertiary/aromatic N) is 1. The van der Waals surface area contributed by atoms with Gasteiger partial charge in [0.15, 0.2) is 0 Å². The Morgan fingerprint density at radius 1 is 1.23 bits per heavy atom. The van der Waals surface area contributed by atoms with E-state index in [0.29, 0.717) is 19.7 Å². The maximum absolute atomic E-state index is 12.1. The normalized spacial score (nSPS) is 14.3. The lowest BCUT2D eigenvalue weighted by Gasteiger charge is -2.29. The lowest BCUT2D eigenvalue weighted by molar-refractivity contribution is -0.0166. The highest BCUT2D eigenvalue weighted by Gasteiger charge is 2.23. The SMILES string of the molecule is COCOCC#Cc1ccc(C2=CCN(C(=O)OC(C)(C)C)CC2)cc1. The maximum Gasteiger partial charge on any atom is 0.410 e. The van der Waals surface area contributed by atoms with Crippen LogP contribution in [-0.4, -0.2) is 50.2 Å². The van der Waals surface area contributed by atoms with Crippen LogP contribution >= 0.6 is 0 Å². The van der Waals surface area contributed by atoms with Crippen molar-refractivity contribution >= 4 is 11.7 Å². The number of carbonyl (C=O) groups is 1. The predicted molar refractivity (Wildman–Crippen MR) is 102 cm³/mol.